The van der Waals surface area contributed by atoms with Gasteiger partial charge in [-0.05, 0) is 44.9 Å². The van der Waals surface area contributed by atoms with Crippen molar-refractivity contribution >= 4 is 6.03 Å². The van der Waals surface area contributed by atoms with E-state index in [0.717, 1.165) is 11.5 Å². The van der Waals surface area contributed by atoms with Crippen LogP contribution in [0.5, 0.6) is 0 Å². The molecule has 2 atom stereocenters. The fourth-order valence-electron chi connectivity index (χ4n) is 2.85. The number of hydrogen-bond acceptors (Lipinski definition) is 4. The number of aliphatic hydroxyl groups is 1. The molecule has 0 spiro atoms. The first-order valence-electron chi connectivity index (χ1n) is 8.46. The van der Waals surface area contributed by atoms with E-state index in [0.29, 0.717) is 11.3 Å². The number of aryl methyl sites for hydroxylation is 2. The molecule has 0 bridgehead atoms. The maximum atomic E-state index is 12.3. The standard InChI is InChI=1S/C19H27N3O3/c1-12(2)17(16-8-6-7-9-20-16)22-18(23)21-11-19(5,24)15-10-13(3)25-14(15)4/h6-10,12,17,24H,11H2,1-5H3,(H2,21,22,23)/t17-,19-/m0/s1. The minimum absolute atomic E-state index is 0.0751. The lowest BCUT2D eigenvalue weighted by Crippen LogP contribution is -2.45. The molecule has 136 valence electrons. The predicted octanol–water partition coefficient (Wildman–Crippen LogP) is 3.20. The Morgan fingerprint density at radius 2 is 2.08 bits per heavy atom. The molecule has 0 radical (unpaired) electrons. The van der Waals surface area contributed by atoms with Crippen LogP contribution in [0.3, 0.4) is 0 Å². The molecule has 2 aromatic rings. The van der Waals surface area contributed by atoms with Gasteiger partial charge in [-0.25, -0.2) is 4.79 Å². The highest BCUT2D eigenvalue weighted by Crippen LogP contribution is 2.26. The van der Waals surface area contributed by atoms with Gasteiger partial charge in [0.1, 0.15) is 17.1 Å². The largest absolute Gasteiger partial charge is 0.466 e. The zero-order chi connectivity index (χ0) is 18.6. The second-order valence-electron chi connectivity index (χ2n) is 6.90. The molecule has 0 fully saturated rings. The Labute approximate surface area is 148 Å². The molecule has 0 aromatic carbocycles. The summed E-state index contributed by atoms with van der Waals surface area (Å²) < 4.78 is 5.46. The van der Waals surface area contributed by atoms with E-state index in [2.05, 4.69) is 15.6 Å². The maximum absolute atomic E-state index is 12.3. The van der Waals surface area contributed by atoms with Crippen LogP contribution in [-0.2, 0) is 5.60 Å². The molecule has 0 unspecified atom stereocenters. The van der Waals surface area contributed by atoms with Gasteiger partial charge in [0, 0.05) is 11.8 Å². The van der Waals surface area contributed by atoms with E-state index in [1.165, 1.54) is 0 Å². The molecule has 6 nitrogen and oxygen atoms in total. The summed E-state index contributed by atoms with van der Waals surface area (Å²) >= 11 is 0. The molecule has 0 aliphatic heterocycles. The number of rotatable bonds is 6. The average molecular weight is 345 g/mol. The van der Waals surface area contributed by atoms with Crippen LogP contribution in [0.4, 0.5) is 4.79 Å². The molecular weight excluding hydrogens is 318 g/mol. The number of hydrogen-bond donors (Lipinski definition) is 3. The third-order valence-corrected chi connectivity index (χ3v) is 4.17. The van der Waals surface area contributed by atoms with Gasteiger partial charge < -0.3 is 20.2 Å². The molecule has 0 aliphatic rings. The molecular formula is C19H27N3O3. The second kappa shape index (κ2) is 7.70. The lowest BCUT2D eigenvalue weighted by molar-refractivity contribution is 0.0577. The van der Waals surface area contributed by atoms with Gasteiger partial charge in [-0.1, -0.05) is 19.9 Å². The minimum atomic E-state index is -1.21. The van der Waals surface area contributed by atoms with Crippen LogP contribution in [0, 0.1) is 19.8 Å². The van der Waals surface area contributed by atoms with Crippen molar-refractivity contribution < 1.29 is 14.3 Å². The molecule has 2 aromatic heterocycles. The third-order valence-electron chi connectivity index (χ3n) is 4.17. The normalized spacial score (nSPS) is 14.8. The number of amides is 2. The molecule has 0 aliphatic carbocycles. The van der Waals surface area contributed by atoms with Gasteiger partial charge in [0.05, 0.1) is 18.3 Å². The second-order valence-corrected chi connectivity index (χ2v) is 6.90. The van der Waals surface area contributed by atoms with Crippen molar-refractivity contribution in [1.29, 1.82) is 0 Å². The molecule has 6 heteroatoms. The summed E-state index contributed by atoms with van der Waals surface area (Å²) in [4.78, 5) is 16.6. The summed E-state index contributed by atoms with van der Waals surface area (Å²) in [6, 6.07) is 6.87. The van der Waals surface area contributed by atoms with Crippen molar-refractivity contribution in [3.05, 3.63) is 53.2 Å². The summed E-state index contributed by atoms with van der Waals surface area (Å²) in [5.74, 6) is 1.56. The highest BCUT2D eigenvalue weighted by molar-refractivity contribution is 5.74. The zero-order valence-corrected chi connectivity index (χ0v) is 15.5. The van der Waals surface area contributed by atoms with Gasteiger partial charge in [0.15, 0.2) is 0 Å². The van der Waals surface area contributed by atoms with Crippen molar-refractivity contribution in [3.63, 3.8) is 0 Å². The number of furan rings is 1. The summed E-state index contributed by atoms with van der Waals surface area (Å²) in [6.07, 6.45) is 1.71. The highest BCUT2D eigenvalue weighted by Gasteiger charge is 2.29. The van der Waals surface area contributed by atoms with E-state index in [9.17, 15) is 9.90 Å². The summed E-state index contributed by atoms with van der Waals surface area (Å²) in [5.41, 5.74) is 0.272. The van der Waals surface area contributed by atoms with Crippen LogP contribution >= 0.6 is 0 Å². The number of pyridine rings is 1. The summed E-state index contributed by atoms with van der Waals surface area (Å²) in [5, 5.41) is 16.3. The van der Waals surface area contributed by atoms with Crippen molar-refractivity contribution in [2.45, 2.75) is 46.3 Å². The number of nitrogens with one attached hydrogen (secondary N) is 2. The Balaban J connectivity index is 2.00. The van der Waals surface area contributed by atoms with Crippen LogP contribution in [0.15, 0.2) is 34.9 Å². The van der Waals surface area contributed by atoms with E-state index < -0.39 is 5.60 Å². The lowest BCUT2D eigenvalue weighted by atomic mass is 9.96. The number of carbonyl (C=O) groups is 1. The zero-order valence-electron chi connectivity index (χ0n) is 15.5. The van der Waals surface area contributed by atoms with Crippen LogP contribution < -0.4 is 10.6 Å². The van der Waals surface area contributed by atoms with E-state index in [-0.39, 0.29) is 24.5 Å². The van der Waals surface area contributed by atoms with E-state index in [1.54, 1.807) is 26.1 Å². The SMILES string of the molecule is Cc1cc([C@@](C)(O)CNC(=O)N[C@H](c2ccccn2)C(C)C)c(C)o1. The Morgan fingerprint density at radius 3 is 2.60 bits per heavy atom. The fraction of sp³-hybridized carbons (Fsp3) is 0.474. The first-order valence-corrected chi connectivity index (χ1v) is 8.46. The van der Waals surface area contributed by atoms with Gasteiger partial charge in [0.25, 0.3) is 0 Å². The molecule has 2 amide bonds. The minimum Gasteiger partial charge on any atom is -0.466 e. The first kappa shape index (κ1) is 19.0. The molecule has 3 N–H and O–H groups in total. The van der Waals surface area contributed by atoms with Crippen molar-refractivity contribution in [2.75, 3.05) is 6.54 Å². The fourth-order valence-corrected chi connectivity index (χ4v) is 2.85. The smallest absolute Gasteiger partial charge is 0.315 e. The number of nitrogens with zero attached hydrogens (tertiary/aromatic N) is 1. The van der Waals surface area contributed by atoms with Gasteiger partial charge >= 0.3 is 6.03 Å². The van der Waals surface area contributed by atoms with Crippen LogP contribution in [0.2, 0.25) is 0 Å². The number of carbonyl (C=O) groups excluding carboxylic acids is 1. The van der Waals surface area contributed by atoms with E-state index in [4.69, 9.17) is 4.42 Å². The molecule has 25 heavy (non-hydrogen) atoms. The first-order chi connectivity index (χ1) is 11.7. The average Bonchev–Trinajstić information content (AvgIpc) is 2.90. The highest BCUT2D eigenvalue weighted by atomic mass is 16.3. The Hall–Kier alpha value is -2.34. The Morgan fingerprint density at radius 1 is 1.36 bits per heavy atom. The predicted molar refractivity (Wildman–Crippen MR) is 96.1 cm³/mol. The summed E-state index contributed by atoms with van der Waals surface area (Å²) in [6.45, 7) is 9.40. The Bertz CT molecular complexity index is 708. The quantitative estimate of drug-likeness (QED) is 0.750. The van der Waals surface area contributed by atoms with E-state index >= 15 is 0 Å². The van der Waals surface area contributed by atoms with Gasteiger partial charge in [-0.3, -0.25) is 4.98 Å². The molecule has 0 saturated heterocycles. The number of aromatic nitrogens is 1. The topological polar surface area (TPSA) is 87.4 Å². The maximum Gasteiger partial charge on any atom is 0.315 e. The molecule has 2 heterocycles. The lowest BCUT2D eigenvalue weighted by Gasteiger charge is -2.26. The number of urea groups is 1. The van der Waals surface area contributed by atoms with Gasteiger partial charge in [0.2, 0.25) is 0 Å². The van der Waals surface area contributed by atoms with Crippen molar-refractivity contribution in [2.24, 2.45) is 5.92 Å². The van der Waals surface area contributed by atoms with Crippen LogP contribution in [0.25, 0.3) is 0 Å². The monoisotopic (exact) mass is 345 g/mol. The molecule has 0 saturated carbocycles. The van der Waals surface area contributed by atoms with Crippen LogP contribution in [-0.4, -0.2) is 22.7 Å². The van der Waals surface area contributed by atoms with Crippen molar-refractivity contribution in [3.8, 4) is 0 Å². The van der Waals surface area contributed by atoms with Crippen LogP contribution in [0.1, 0.15) is 49.6 Å². The van der Waals surface area contributed by atoms with Gasteiger partial charge in [-0.15, -0.1) is 0 Å². The van der Waals surface area contributed by atoms with Crippen molar-refractivity contribution in [1.82, 2.24) is 15.6 Å². The van der Waals surface area contributed by atoms with E-state index in [1.807, 2.05) is 39.0 Å². The Kier molecular flexibility index (Phi) is 5.85. The van der Waals surface area contributed by atoms with Gasteiger partial charge in [-0.2, -0.15) is 0 Å². The molecule has 2 rings (SSSR count). The third kappa shape index (κ3) is 4.82. The summed E-state index contributed by atoms with van der Waals surface area (Å²) in [7, 11) is 0.